The molecule has 5 fully saturated rings. The number of halogens is 5. The van der Waals surface area contributed by atoms with Crippen molar-refractivity contribution >= 4 is 63.1 Å². The van der Waals surface area contributed by atoms with E-state index in [1.54, 1.807) is 0 Å². The SMILES string of the molecule is CCCCCCCCOC1CCC(CCc2ccc(S)cc2)CC1.CCCCCCCCOC1CCC(CCc2ccc(S)cc2)CC1.CCCCCCCCOC1CCC(CCc2ccc(S)cc2)CC1.CCCCCCCCOC1CCC(CCc2ccc(S)cc2)CC1.CCCCCCCCOC1CCC(CCc2ccc(S)cc2)CC1.F.F.F.F.F. The van der Waals surface area contributed by atoms with Gasteiger partial charge in [0.2, 0.25) is 0 Å². The maximum atomic E-state index is 6.11. The van der Waals surface area contributed by atoms with E-state index in [1.165, 1.54) is 413 Å². The van der Waals surface area contributed by atoms with E-state index in [0.717, 1.165) is 87.1 Å². The van der Waals surface area contributed by atoms with Crippen LogP contribution in [-0.4, -0.2) is 63.6 Å². The van der Waals surface area contributed by atoms with Gasteiger partial charge in [-0.3, -0.25) is 23.5 Å². The molecule has 5 nitrogen and oxygen atoms in total. The molecule has 0 atom stereocenters. The normalized spacial score (nSPS) is 20.2. The number of unbranched alkanes of at least 4 members (excludes halogenated alkanes) is 25. The van der Waals surface area contributed by atoms with Gasteiger partial charge in [-0.1, -0.05) is 256 Å². The van der Waals surface area contributed by atoms with Gasteiger partial charge in [0.1, 0.15) is 0 Å². The minimum Gasteiger partial charge on any atom is -0.378 e. The first-order chi connectivity index (χ1) is 58.9. The van der Waals surface area contributed by atoms with E-state index >= 15 is 0 Å². The van der Waals surface area contributed by atoms with Gasteiger partial charge < -0.3 is 23.7 Å². The average molecular weight is 1840 g/mol. The summed E-state index contributed by atoms with van der Waals surface area (Å²) in [6, 6.07) is 43.2. The first-order valence-electron chi connectivity index (χ1n) is 50.9. The molecule has 0 saturated heterocycles. The second-order valence-corrected chi connectivity index (χ2v) is 40.0. The third-order valence-electron chi connectivity index (χ3n) is 27.1. The van der Waals surface area contributed by atoms with E-state index in [2.05, 4.69) is 219 Å². The molecular formula is C110H185F5O5S5. The average Bonchev–Trinajstić information content (AvgIpc) is 0.918. The fourth-order valence-corrected chi connectivity index (χ4v) is 19.5. The number of hydrogen-bond acceptors (Lipinski definition) is 10. The molecule has 0 radical (unpaired) electrons. The lowest BCUT2D eigenvalue weighted by molar-refractivity contribution is 0.0152. The van der Waals surface area contributed by atoms with Gasteiger partial charge in [0.15, 0.2) is 0 Å². The van der Waals surface area contributed by atoms with E-state index in [-0.39, 0.29) is 23.5 Å². The Kier molecular flexibility index (Phi) is 77.9. The van der Waals surface area contributed by atoms with Crippen molar-refractivity contribution in [2.75, 3.05) is 33.0 Å². The van der Waals surface area contributed by atoms with Crippen molar-refractivity contribution in [1.82, 2.24) is 0 Å². The third kappa shape index (κ3) is 61.7. The molecule has 0 bridgehead atoms. The highest BCUT2D eigenvalue weighted by atomic mass is 32.1. The van der Waals surface area contributed by atoms with Crippen LogP contribution in [0.2, 0.25) is 0 Å². The number of thiol groups is 5. The van der Waals surface area contributed by atoms with Crippen molar-refractivity contribution in [2.45, 2.75) is 475 Å². The van der Waals surface area contributed by atoms with Crippen molar-refractivity contribution in [3.63, 3.8) is 0 Å². The Morgan fingerprint density at radius 2 is 0.312 bits per heavy atom. The van der Waals surface area contributed by atoms with Crippen LogP contribution in [0.25, 0.3) is 0 Å². The van der Waals surface area contributed by atoms with Gasteiger partial charge in [0.05, 0.1) is 30.5 Å². The molecule has 0 spiro atoms. The molecule has 5 saturated carbocycles. The van der Waals surface area contributed by atoms with Crippen LogP contribution in [0.15, 0.2) is 146 Å². The van der Waals surface area contributed by atoms with Gasteiger partial charge in [-0.15, -0.1) is 63.1 Å². The zero-order valence-corrected chi connectivity index (χ0v) is 84.1. The van der Waals surface area contributed by atoms with Crippen molar-refractivity contribution in [2.24, 2.45) is 29.6 Å². The fraction of sp³-hybridized carbons (Fsp3) is 0.727. The van der Waals surface area contributed by atoms with Crippen LogP contribution in [-0.2, 0) is 55.8 Å². The topological polar surface area (TPSA) is 46.2 Å². The predicted octanol–water partition coefficient (Wildman–Crippen LogP) is 35.0. The standard InChI is InChI=1S/5C22H36OS.5FH/c5*1-2-3-4-5-6-7-18-23-21-14-10-19(11-15-21)8-9-20-12-16-22(24)17-13-20;;;;;/h5*12-13,16-17,19,21,24H,2-11,14-15,18H2,1H3;5*1H. The molecule has 0 N–H and O–H groups in total. The maximum Gasteiger partial charge on any atom is 0.0575 e. The van der Waals surface area contributed by atoms with Crippen molar-refractivity contribution in [3.05, 3.63) is 149 Å². The van der Waals surface area contributed by atoms with Gasteiger partial charge in [-0.05, 0) is 343 Å². The van der Waals surface area contributed by atoms with Gasteiger partial charge >= 0.3 is 0 Å². The van der Waals surface area contributed by atoms with Crippen LogP contribution in [0.4, 0.5) is 23.5 Å². The highest BCUT2D eigenvalue weighted by Crippen LogP contribution is 2.36. The number of benzene rings is 5. The van der Waals surface area contributed by atoms with Crippen LogP contribution in [0.3, 0.4) is 0 Å². The van der Waals surface area contributed by atoms with E-state index in [1.807, 2.05) is 0 Å². The quantitative estimate of drug-likeness (QED) is 0.0153. The lowest BCUT2D eigenvalue weighted by Gasteiger charge is -2.28. The second kappa shape index (κ2) is 80.9. The molecular weight excluding hydrogens is 1660 g/mol. The molecule has 5 aliphatic carbocycles. The van der Waals surface area contributed by atoms with E-state index in [4.69, 9.17) is 23.7 Å². The minimum absolute atomic E-state index is 0. The Balaban J connectivity index is 0.000000774. The van der Waals surface area contributed by atoms with Gasteiger partial charge in [0, 0.05) is 57.5 Å². The number of aryl methyl sites for hydroxylation is 5. The summed E-state index contributed by atoms with van der Waals surface area (Å²) in [6.45, 7) is 16.3. The van der Waals surface area contributed by atoms with Gasteiger partial charge in [-0.25, -0.2) is 0 Å². The van der Waals surface area contributed by atoms with E-state index < -0.39 is 0 Å². The molecule has 720 valence electrons. The first kappa shape index (κ1) is 120. The van der Waals surface area contributed by atoms with Crippen molar-refractivity contribution in [1.29, 1.82) is 0 Å². The maximum absolute atomic E-state index is 6.11. The van der Waals surface area contributed by atoms with Crippen LogP contribution in [0.1, 0.15) is 416 Å². The van der Waals surface area contributed by atoms with Crippen molar-refractivity contribution < 1.29 is 47.2 Å². The number of rotatable bonds is 55. The fourth-order valence-electron chi connectivity index (χ4n) is 18.8. The molecule has 5 aromatic carbocycles. The second-order valence-electron chi connectivity index (χ2n) is 37.4. The molecule has 0 amide bonds. The molecule has 0 unspecified atom stereocenters. The van der Waals surface area contributed by atoms with Gasteiger partial charge in [0.25, 0.3) is 0 Å². The Bertz CT molecular complexity index is 2620. The van der Waals surface area contributed by atoms with E-state index in [0.29, 0.717) is 30.5 Å². The molecule has 125 heavy (non-hydrogen) atoms. The molecule has 5 aliphatic rings. The summed E-state index contributed by atoms with van der Waals surface area (Å²) >= 11 is 21.8. The van der Waals surface area contributed by atoms with Crippen LogP contribution in [0, 0.1) is 29.6 Å². The summed E-state index contributed by atoms with van der Waals surface area (Å²) in [5.41, 5.74) is 7.27. The summed E-state index contributed by atoms with van der Waals surface area (Å²) in [6.07, 6.45) is 82.3. The van der Waals surface area contributed by atoms with Crippen molar-refractivity contribution in [3.8, 4) is 0 Å². The Morgan fingerprint density at radius 3 is 0.448 bits per heavy atom. The monoisotopic (exact) mass is 1840 g/mol. The molecule has 0 aliphatic heterocycles. The summed E-state index contributed by atoms with van der Waals surface area (Å²) in [7, 11) is 0. The third-order valence-corrected chi connectivity index (χ3v) is 28.6. The molecule has 0 aromatic heterocycles. The minimum atomic E-state index is 0. The zero-order chi connectivity index (χ0) is 85.2. The Hall–Kier alpha value is -2.70. The molecule has 15 heteroatoms. The summed E-state index contributed by atoms with van der Waals surface area (Å²) in [4.78, 5) is 5.29. The highest BCUT2D eigenvalue weighted by molar-refractivity contribution is 7.81. The largest absolute Gasteiger partial charge is 0.378 e. The summed E-state index contributed by atoms with van der Waals surface area (Å²) in [5.74, 6) is 4.49. The van der Waals surface area contributed by atoms with Crippen LogP contribution >= 0.6 is 63.1 Å². The number of ether oxygens (including phenoxy) is 5. The smallest absolute Gasteiger partial charge is 0.0575 e. The summed E-state index contributed by atoms with van der Waals surface area (Å²) in [5, 5.41) is 0. The predicted molar refractivity (Wildman–Crippen MR) is 548 cm³/mol. The zero-order valence-electron chi connectivity index (χ0n) is 79.6. The highest BCUT2D eigenvalue weighted by Gasteiger charge is 2.26. The Morgan fingerprint density at radius 1 is 0.184 bits per heavy atom. The van der Waals surface area contributed by atoms with E-state index in [9.17, 15) is 0 Å². The summed E-state index contributed by atoms with van der Waals surface area (Å²) < 4.78 is 30.5. The van der Waals surface area contributed by atoms with Crippen LogP contribution < -0.4 is 0 Å². The first-order valence-corrected chi connectivity index (χ1v) is 53.1. The molecule has 5 aromatic rings. The lowest BCUT2D eigenvalue weighted by Crippen LogP contribution is -2.22. The number of hydrogen-bond donors (Lipinski definition) is 5. The Labute approximate surface area is 791 Å². The molecule has 10 rings (SSSR count). The van der Waals surface area contributed by atoms with Crippen LogP contribution in [0.5, 0.6) is 0 Å². The van der Waals surface area contributed by atoms with Gasteiger partial charge in [-0.2, -0.15) is 0 Å². The molecule has 0 heterocycles. The lowest BCUT2D eigenvalue weighted by atomic mass is 9.84.